The number of aromatic nitrogens is 1. The summed E-state index contributed by atoms with van der Waals surface area (Å²) < 4.78 is 5.43. The molecule has 0 aliphatic carbocycles. The van der Waals surface area contributed by atoms with Gasteiger partial charge in [0.1, 0.15) is 23.2 Å². The van der Waals surface area contributed by atoms with Gasteiger partial charge in [0.15, 0.2) is 0 Å². The Hall–Kier alpha value is -2.01. The fraction of sp³-hybridized carbons (Fsp3) is 0.182. The van der Waals surface area contributed by atoms with Gasteiger partial charge in [0.25, 0.3) is 0 Å². The topological polar surface area (TPSA) is 76.1 Å². The van der Waals surface area contributed by atoms with Gasteiger partial charge in [-0.3, -0.25) is 0 Å². The standard InChI is InChI=1S/C11H14N4O/c1-8-5-6-9(16-8)7-13-10-3-2-4-11(14-10)15-12/h2-6H,7,12H2,1H3,(H2,13,14,15). The SMILES string of the molecule is Cc1ccc(CNc2cccc(NN)n2)o1. The molecule has 0 saturated carbocycles. The van der Waals surface area contributed by atoms with E-state index in [9.17, 15) is 0 Å². The summed E-state index contributed by atoms with van der Waals surface area (Å²) >= 11 is 0. The minimum absolute atomic E-state index is 0.606. The number of anilines is 2. The van der Waals surface area contributed by atoms with Crippen LogP contribution in [0.25, 0.3) is 0 Å². The first-order chi connectivity index (χ1) is 7.78. The predicted molar refractivity (Wildman–Crippen MR) is 62.8 cm³/mol. The van der Waals surface area contributed by atoms with Gasteiger partial charge >= 0.3 is 0 Å². The lowest BCUT2D eigenvalue weighted by Gasteiger charge is -2.05. The van der Waals surface area contributed by atoms with E-state index in [0.29, 0.717) is 12.4 Å². The Kier molecular flexibility index (Phi) is 3.07. The van der Waals surface area contributed by atoms with Crippen molar-refractivity contribution in [1.82, 2.24) is 4.98 Å². The van der Waals surface area contributed by atoms with E-state index in [4.69, 9.17) is 10.3 Å². The molecule has 2 rings (SSSR count). The molecule has 0 unspecified atom stereocenters. The van der Waals surface area contributed by atoms with Crippen LogP contribution in [0.1, 0.15) is 11.5 Å². The van der Waals surface area contributed by atoms with Gasteiger partial charge in [0.05, 0.1) is 6.54 Å². The zero-order valence-electron chi connectivity index (χ0n) is 9.03. The van der Waals surface area contributed by atoms with Crippen LogP contribution in [0, 0.1) is 6.92 Å². The number of hydrazine groups is 1. The summed E-state index contributed by atoms with van der Waals surface area (Å²) in [5, 5.41) is 3.15. The van der Waals surface area contributed by atoms with Crippen molar-refractivity contribution in [2.24, 2.45) is 5.84 Å². The lowest BCUT2D eigenvalue weighted by molar-refractivity contribution is 0.490. The van der Waals surface area contributed by atoms with Crippen molar-refractivity contribution in [3.63, 3.8) is 0 Å². The monoisotopic (exact) mass is 218 g/mol. The third kappa shape index (κ3) is 2.52. The molecule has 2 aromatic rings. The number of aryl methyl sites for hydroxylation is 1. The van der Waals surface area contributed by atoms with Gasteiger partial charge in [-0.25, -0.2) is 10.8 Å². The Morgan fingerprint density at radius 3 is 2.75 bits per heavy atom. The first-order valence-corrected chi connectivity index (χ1v) is 5.01. The molecule has 0 amide bonds. The number of nitrogen functional groups attached to an aromatic ring is 1. The minimum atomic E-state index is 0.606. The van der Waals surface area contributed by atoms with E-state index in [1.807, 2.05) is 31.2 Å². The smallest absolute Gasteiger partial charge is 0.142 e. The predicted octanol–water partition coefficient (Wildman–Crippen LogP) is 1.88. The minimum Gasteiger partial charge on any atom is -0.465 e. The summed E-state index contributed by atoms with van der Waals surface area (Å²) in [6, 6.07) is 9.41. The van der Waals surface area contributed by atoms with E-state index >= 15 is 0 Å². The van der Waals surface area contributed by atoms with Crippen LogP contribution in [0.4, 0.5) is 11.6 Å². The molecule has 4 N–H and O–H groups in total. The van der Waals surface area contributed by atoms with Gasteiger partial charge in [-0.05, 0) is 31.2 Å². The van der Waals surface area contributed by atoms with Crippen molar-refractivity contribution >= 4 is 11.6 Å². The Balaban J connectivity index is 1.99. The average Bonchev–Trinajstić information content (AvgIpc) is 2.73. The summed E-state index contributed by atoms with van der Waals surface area (Å²) in [4.78, 5) is 4.22. The van der Waals surface area contributed by atoms with Crippen LogP contribution < -0.4 is 16.6 Å². The van der Waals surface area contributed by atoms with Crippen LogP contribution in [-0.2, 0) is 6.54 Å². The fourth-order valence-electron chi connectivity index (χ4n) is 1.37. The number of rotatable bonds is 4. The van der Waals surface area contributed by atoms with Gasteiger partial charge in [0, 0.05) is 0 Å². The van der Waals surface area contributed by atoms with E-state index in [-0.39, 0.29) is 0 Å². The Morgan fingerprint density at radius 2 is 2.06 bits per heavy atom. The number of nitrogens with two attached hydrogens (primary N) is 1. The molecule has 0 spiro atoms. The highest BCUT2D eigenvalue weighted by Crippen LogP contribution is 2.11. The van der Waals surface area contributed by atoms with Crippen LogP contribution in [-0.4, -0.2) is 4.98 Å². The lowest BCUT2D eigenvalue weighted by atomic mass is 10.4. The van der Waals surface area contributed by atoms with Gasteiger partial charge in [-0.1, -0.05) is 6.07 Å². The zero-order valence-corrected chi connectivity index (χ0v) is 9.03. The number of pyridine rings is 1. The van der Waals surface area contributed by atoms with E-state index in [0.717, 1.165) is 17.3 Å². The van der Waals surface area contributed by atoms with Crippen LogP contribution >= 0.6 is 0 Å². The summed E-state index contributed by atoms with van der Waals surface area (Å²) in [5.74, 6) is 8.44. The molecule has 2 aromatic heterocycles. The maximum absolute atomic E-state index is 5.43. The maximum atomic E-state index is 5.43. The molecule has 0 saturated heterocycles. The van der Waals surface area contributed by atoms with Crippen molar-refractivity contribution < 1.29 is 4.42 Å². The molecule has 2 heterocycles. The van der Waals surface area contributed by atoms with Gasteiger partial charge < -0.3 is 15.2 Å². The number of hydrogen-bond donors (Lipinski definition) is 3. The second kappa shape index (κ2) is 4.67. The van der Waals surface area contributed by atoms with Crippen LogP contribution in [0.15, 0.2) is 34.7 Å². The lowest BCUT2D eigenvalue weighted by Crippen LogP contribution is -2.09. The van der Waals surface area contributed by atoms with Crippen molar-refractivity contribution in [3.05, 3.63) is 41.9 Å². The highest BCUT2D eigenvalue weighted by molar-refractivity contribution is 5.44. The molecule has 16 heavy (non-hydrogen) atoms. The summed E-state index contributed by atoms with van der Waals surface area (Å²) in [6.07, 6.45) is 0. The molecule has 5 heteroatoms. The number of hydrogen-bond acceptors (Lipinski definition) is 5. The second-order valence-electron chi connectivity index (χ2n) is 3.42. The highest BCUT2D eigenvalue weighted by atomic mass is 16.3. The summed E-state index contributed by atoms with van der Waals surface area (Å²) in [5.41, 5.74) is 2.50. The molecule has 0 aliphatic heterocycles. The third-order valence-corrected chi connectivity index (χ3v) is 2.14. The van der Waals surface area contributed by atoms with Gasteiger partial charge in [-0.2, -0.15) is 0 Å². The second-order valence-corrected chi connectivity index (χ2v) is 3.42. The first kappa shape index (κ1) is 10.5. The highest BCUT2D eigenvalue weighted by Gasteiger charge is 1.99. The largest absolute Gasteiger partial charge is 0.465 e. The van der Waals surface area contributed by atoms with E-state index in [2.05, 4.69) is 15.7 Å². The Bertz CT molecular complexity index is 467. The molecule has 0 fully saturated rings. The number of nitrogens with zero attached hydrogens (tertiary/aromatic N) is 1. The van der Waals surface area contributed by atoms with Crippen molar-refractivity contribution in [1.29, 1.82) is 0 Å². The molecule has 5 nitrogen and oxygen atoms in total. The van der Waals surface area contributed by atoms with Crippen LogP contribution in [0.3, 0.4) is 0 Å². The summed E-state index contributed by atoms with van der Waals surface area (Å²) in [7, 11) is 0. The molecule has 0 atom stereocenters. The third-order valence-electron chi connectivity index (χ3n) is 2.14. The molecule has 84 valence electrons. The molecular weight excluding hydrogens is 204 g/mol. The van der Waals surface area contributed by atoms with E-state index < -0.39 is 0 Å². The van der Waals surface area contributed by atoms with Gasteiger partial charge in [0.2, 0.25) is 0 Å². The quantitative estimate of drug-likeness (QED) is 0.539. The molecule has 0 aliphatic rings. The number of nitrogens with one attached hydrogen (secondary N) is 2. The van der Waals surface area contributed by atoms with Crippen LogP contribution in [0.5, 0.6) is 0 Å². The Morgan fingerprint density at radius 1 is 1.25 bits per heavy atom. The van der Waals surface area contributed by atoms with E-state index in [1.165, 1.54) is 0 Å². The maximum Gasteiger partial charge on any atom is 0.142 e. The van der Waals surface area contributed by atoms with E-state index in [1.54, 1.807) is 6.07 Å². The van der Waals surface area contributed by atoms with Crippen molar-refractivity contribution in [3.8, 4) is 0 Å². The first-order valence-electron chi connectivity index (χ1n) is 5.01. The normalized spacial score (nSPS) is 10.1. The Labute approximate surface area is 93.6 Å². The average molecular weight is 218 g/mol. The zero-order chi connectivity index (χ0) is 11.4. The van der Waals surface area contributed by atoms with Crippen molar-refractivity contribution in [2.75, 3.05) is 10.7 Å². The molecule has 0 radical (unpaired) electrons. The molecule has 0 bridgehead atoms. The van der Waals surface area contributed by atoms with Crippen LogP contribution in [0.2, 0.25) is 0 Å². The van der Waals surface area contributed by atoms with Crippen molar-refractivity contribution in [2.45, 2.75) is 13.5 Å². The number of furan rings is 1. The molecular formula is C11H14N4O. The summed E-state index contributed by atoms with van der Waals surface area (Å²) in [6.45, 7) is 2.52. The molecule has 0 aromatic carbocycles. The van der Waals surface area contributed by atoms with Gasteiger partial charge in [-0.15, -0.1) is 0 Å². The fourth-order valence-corrected chi connectivity index (χ4v) is 1.37.